The Balaban J connectivity index is 2.31. The monoisotopic (exact) mass is 273 g/mol. The number of hydrogen-bond donors (Lipinski definition) is 4. The molecule has 2 unspecified atom stereocenters. The molecule has 0 bridgehead atoms. The molecule has 0 aliphatic carbocycles. The van der Waals surface area contributed by atoms with Crippen molar-refractivity contribution in [1.82, 2.24) is 0 Å². The average molecular weight is 273 g/mol. The van der Waals surface area contributed by atoms with E-state index < -0.39 is 22.2 Å². The molecule has 1 saturated heterocycles. The Morgan fingerprint density at radius 2 is 1.78 bits per heavy atom. The largest absolute Gasteiger partial charge is 0.398 e. The fourth-order valence-electron chi connectivity index (χ4n) is 1.97. The molecule has 1 aliphatic rings. The Labute approximate surface area is 105 Å². The van der Waals surface area contributed by atoms with Gasteiger partial charge in [-0.25, -0.2) is 13.6 Å². The Bertz CT molecular complexity index is 550. The maximum Gasteiger partial charge on any atom is 0.240 e. The van der Waals surface area contributed by atoms with Crippen LogP contribution in [0.4, 0.5) is 11.4 Å². The second kappa shape index (κ2) is 4.39. The summed E-state index contributed by atoms with van der Waals surface area (Å²) in [5, 5.41) is 23.9. The number of aliphatic hydroxyl groups excluding tert-OH is 2. The lowest BCUT2D eigenvalue weighted by molar-refractivity contribution is 0.0572. The first-order valence-corrected chi connectivity index (χ1v) is 6.87. The normalized spacial score (nSPS) is 24.5. The zero-order valence-corrected chi connectivity index (χ0v) is 10.3. The Kier molecular flexibility index (Phi) is 3.20. The lowest BCUT2D eigenvalue weighted by Crippen LogP contribution is -2.22. The summed E-state index contributed by atoms with van der Waals surface area (Å²) in [6.07, 6.45) is -1.63. The second-order valence-electron chi connectivity index (χ2n) is 4.31. The number of benzene rings is 1. The van der Waals surface area contributed by atoms with Crippen molar-refractivity contribution < 1.29 is 18.6 Å². The lowest BCUT2D eigenvalue weighted by Gasteiger charge is -2.18. The molecule has 2 atom stereocenters. The molecule has 1 aromatic carbocycles. The van der Waals surface area contributed by atoms with E-state index in [0.717, 1.165) is 0 Å². The van der Waals surface area contributed by atoms with Crippen LogP contribution in [0, 0.1) is 0 Å². The van der Waals surface area contributed by atoms with Gasteiger partial charge >= 0.3 is 0 Å². The van der Waals surface area contributed by atoms with E-state index in [0.29, 0.717) is 5.69 Å². The number of anilines is 2. The lowest BCUT2D eigenvalue weighted by atomic mass is 10.2. The van der Waals surface area contributed by atoms with Crippen LogP contribution in [0.5, 0.6) is 0 Å². The molecular formula is C10H15N3O4S. The first-order valence-electron chi connectivity index (χ1n) is 5.32. The molecule has 8 heteroatoms. The number of nitrogens with two attached hydrogens (primary N) is 2. The van der Waals surface area contributed by atoms with Gasteiger partial charge in [-0.05, 0) is 18.2 Å². The number of nitrogen functional groups attached to an aromatic ring is 1. The van der Waals surface area contributed by atoms with Crippen molar-refractivity contribution in [1.29, 1.82) is 0 Å². The predicted octanol–water partition coefficient (Wildman–Crippen LogP) is -1.54. The zero-order valence-electron chi connectivity index (χ0n) is 9.52. The van der Waals surface area contributed by atoms with Crippen molar-refractivity contribution in [3.8, 4) is 0 Å². The van der Waals surface area contributed by atoms with Crippen LogP contribution >= 0.6 is 0 Å². The highest BCUT2D eigenvalue weighted by atomic mass is 32.2. The maximum absolute atomic E-state index is 11.2. The van der Waals surface area contributed by atoms with Crippen LogP contribution in [0.1, 0.15) is 0 Å². The minimum Gasteiger partial charge on any atom is -0.398 e. The van der Waals surface area contributed by atoms with E-state index in [-0.39, 0.29) is 23.7 Å². The van der Waals surface area contributed by atoms with Crippen LogP contribution < -0.4 is 15.8 Å². The fourth-order valence-corrected chi connectivity index (χ4v) is 2.62. The van der Waals surface area contributed by atoms with Gasteiger partial charge in [0.25, 0.3) is 0 Å². The smallest absolute Gasteiger partial charge is 0.240 e. The first-order chi connectivity index (χ1) is 8.29. The molecule has 1 aromatic rings. The molecule has 0 radical (unpaired) electrons. The van der Waals surface area contributed by atoms with Crippen LogP contribution in [0.2, 0.25) is 0 Å². The number of β-amino-alcohol motifs (C(OH)–C–C–N with tert-alkyl or cyclic N) is 2. The fraction of sp³-hybridized carbons (Fsp3) is 0.400. The number of aliphatic hydroxyl groups is 2. The highest BCUT2D eigenvalue weighted by Crippen LogP contribution is 2.26. The van der Waals surface area contributed by atoms with Gasteiger partial charge in [0.1, 0.15) is 4.90 Å². The molecule has 6 N–H and O–H groups in total. The topological polar surface area (TPSA) is 130 Å². The molecule has 0 saturated carbocycles. The highest BCUT2D eigenvalue weighted by Gasteiger charge is 2.30. The van der Waals surface area contributed by atoms with Gasteiger partial charge < -0.3 is 20.8 Å². The predicted molar refractivity (Wildman–Crippen MR) is 66.5 cm³/mol. The van der Waals surface area contributed by atoms with Gasteiger partial charge in [0.2, 0.25) is 10.0 Å². The van der Waals surface area contributed by atoms with Gasteiger partial charge in [0, 0.05) is 18.8 Å². The average Bonchev–Trinajstić information content (AvgIpc) is 2.57. The van der Waals surface area contributed by atoms with Crippen molar-refractivity contribution in [3.63, 3.8) is 0 Å². The maximum atomic E-state index is 11.2. The van der Waals surface area contributed by atoms with Crippen molar-refractivity contribution >= 4 is 21.4 Å². The van der Waals surface area contributed by atoms with E-state index >= 15 is 0 Å². The molecular weight excluding hydrogens is 258 g/mol. The van der Waals surface area contributed by atoms with Crippen molar-refractivity contribution in [2.24, 2.45) is 5.14 Å². The summed E-state index contributed by atoms with van der Waals surface area (Å²) in [4.78, 5) is 1.59. The molecule has 1 aliphatic heterocycles. The van der Waals surface area contributed by atoms with Gasteiger partial charge in [-0.1, -0.05) is 0 Å². The summed E-state index contributed by atoms with van der Waals surface area (Å²) in [6.45, 7) is 0.546. The van der Waals surface area contributed by atoms with Gasteiger partial charge in [-0.3, -0.25) is 0 Å². The minimum absolute atomic E-state index is 0.0471. The molecule has 2 rings (SSSR count). The highest BCUT2D eigenvalue weighted by molar-refractivity contribution is 7.89. The Hall–Kier alpha value is -1.35. The number of rotatable bonds is 2. The Morgan fingerprint density at radius 3 is 2.22 bits per heavy atom. The van der Waals surface area contributed by atoms with Crippen LogP contribution in [-0.2, 0) is 10.0 Å². The molecule has 0 spiro atoms. The Morgan fingerprint density at radius 1 is 1.22 bits per heavy atom. The first kappa shape index (κ1) is 13.1. The SMILES string of the molecule is Nc1cc(N2CC(O)C(O)C2)ccc1S(N)(=O)=O. The quantitative estimate of drug-likeness (QED) is 0.483. The van der Waals surface area contributed by atoms with Crippen LogP contribution in [0.3, 0.4) is 0 Å². The summed E-state index contributed by atoms with van der Waals surface area (Å²) in [5.41, 5.74) is 6.32. The molecule has 7 nitrogen and oxygen atoms in total. The van der Waals surface area contributed by atoms with Crippen LogP contribution in [0.25, 0.3) is 0 Å². The number of nitrogens with zero attached hydrogens (tertiary/aromatic N) is 1. The van der Waals surface area contributed by atoms with E-state index in [1.54, 1.807) is 11.0 Å². The van der Waals surface area contributed by atoms with E-state index in [2.05, 4.69) is 0 Å². The van der Waals surface area contributed by atoms with Gasteiger partial charge in [0.15, 0.2) is 0 Å². The minimum atomic E-state index is -3.84. The van der Waals surface area contributed by atoms with Crippen molar-refractivity contribution in [3.05, 3.63) is 18.2 Å². The number of hydrogen-bond acceptors (Lipinski definition) is 6. The van der Waals surface area contributed by atoms with Gasteiger partial charge in [-0.2, -0.15) is 0 Å². The summed E-state index contributed by atoms with van der Waals surface area (Å²) >= 11 is 0. The van der Waals surface area contributed by atoms with Crippen molar-refractivity contribution in [2.45, 2.75) is 17.1 Å². The van der Waals surface area contributed by atoms with E-state index in [9.17, 15) is 18.6 Å². The summed E-state index contributed by atoms with van der Waals surface area (Å²) < 4.78 is 22.4. The van der Waals surface area contributed by atoms with Crippen LogP contribution in [-0.4, -0.2) is 43.9 Å². The number of primary sulfonamides is 1. The van der Waals surface area contributed by atoms with E-state index in [1.807, 2.05) is 0 Å². The number of sulfonamides is 1. The summed E-state index contributed by atoms with van der Waals surface area (Å²) in [7, 11) is -3.84. The summed E-state index contributed by atoms with van der Waals surface area (Å²) in [6, 6.07) is 4.32. The molecule has 1 fully saturated rings. The van der Waals surface area contributed by atoms with E-state index in [4.69, 9.17) is 10.9 Å². The van der Waals surface area contributed by atoms with Crippen LogP contribution in [0.15, 0.2) is 23.1 Å². The van der Waals surface area contributed by atoms with Gasteiger partial charge in [-0.15, -0.1) is 0 Å². The molecule has 0 amide bonds. The third-order valence-corrected chi connectivity index (χ3v) is 3.91. The van der Waals surface area contributed by atoms with Crippen molar-refractivity contribution in [2.75, 3.05) is 23.7 Å². The summed E-state index contributed by atoms with van der Waals surface area (Å²) in [5.74, 6) is 0. The molecule has 1 heterocycles. The standard InChI is InChI=1S/C10H15N3O4S/c11-7-3-6(1-2-10(7)18(12,16)17)13-4-8(14)9(15)5-13/h1-3,8-9,14-15H,4-5,11H2,(H2,12,16,17). The third kappa shape index (κ3) is 2.41. The molecule has 18 heavy (non-hydrogen) atoms. The third-order valence-electron chi connectivity index (χ3n) is 2.92. The van der Waals surface area contributed by atoms with E-state index in [1.165, 1.54) is 12.1 Å². The molecule has 0 aromatic heterocycles. The van der Waals surface area contributed by atoms with Gasteiger partial charge in [0.05, 0.1) is 17.9 Å². The molecule has 100 valence electrons. The second-order valence-corrected chi connectivity index (χ2v) is 5.84. The zero-order chi connectivity index (χ0) is 13.5.